The fraction of sp³-hybridized carbons (Fsp3) is 0.455. The van der Waals surface area contributed by atoms with Crippen molar-refractivity contribution in [3.63, 3.8) is 0 Å². The highest BCUT2D eigenvalue weighted by atomic mass is 16.5. The van der Waals surface area contributed by atoms with Gasteiger partial charge in [-0.15, -0.1) is 0 Å². The molecule has 0 saturated carbocycles. The van der Waals surface area contributed by atoms with Crippen LogP contribution in [-0.4, -0.2) is 6.61 Å². The second kappa shape index (κ2) is 3.88. The third-order valence-electron chi connectivity index (χ3n) is 2.38. The van der Waals surface area contributed by atoms with Crippen molar-refractivity contribution in [2.24, 2.45) is 5.73 Å². The topological polar surface area (TPSA) is 48.4 Å². The van der Waals surface area contributed by atoms with Crippen molar-refractivity contribution >= 4 is 0 Å². The summed E-state index contributed by atoms with van der Waals surface area (Å²) in [6.07, 6.45) is 5.90. The molecule has 1 unspecified atom stereocenters. The smallest absolute Gasteiger partial charge is 0.113 e. The summed E-state index contributed by atoms with van der Waals surface area (Å²) in [7, 11) is 0. The highest BCUT2D eigenvalue weighted by molar-refractivity contribution is 5.23. The first kappa shape index (κ1) is 9.34. The lowest BCUT2D eigenvalue weighted by Crippen LogP contribution is -2.17. The van der Waals surface area contributed by atoms with Crippen LogP contribution in [0.3, 0.4) is 0 Å². The number of hydrogen-bond donors (Lipinski definition) is 1. The quantitative estimate of drug-likeness (QED) is 0.783. The molecule has 1 aliphatic rings. The Morgan fingerprint density at radius 3 is 2.93 bits per heavy atom. The molecule has 0 aromatic carbocycles. The van der Waals surface area contributed by atoms with Crippen molar-refractivity contribution < 1.29 is 9.15 Å². The van der Waals surface area contributed by atoms with Crippen LogP contribution in [-0.2, 0) is 4.74 Å². The number of aryl methyl sites for hydroxylation is 1. The van der Waals surface area contributed by atoms with Crippen molar-refractivity contribution in [1.29, 1.82) is 0 Å². The summed E-state index contributed by atoms with van der Waals surface area (Å²) in [5.74, 6) is 1.75. The molecule has 0 amide bonds. The van der Waals surface area contributed by atoms with Gasteiger partial charge in [-0.1, -0.05) is 0 Å². The molecule has 1 aromatic heterocycles. The van der Waals surface area contributed by atoms with Crippen LogP contribution < -0.4 is 5.73 Å². The molecule has 0 saturated heterocycles. The van der Waals surface area contributed by atoms with Gasteiger partial charge in [-0.25, -0.2) is 0 Å². The minimum absolute atomic E-state index is 0.173. The Bertz CT molecular complexity index is 341. The maximum atomic E-state index is 6.03. The van der Waals surface area contributed by atoms with Gasteiger partial charge in [0.05, 0.1) is 18.9 Å². The number of hydrogen-bond acceptors (Lipinski definition) is 3. The first-order valence-corrected chi connectivity index (χ1v) is 4.91. The van der Waals surface area contributed by atoms with Crippen LogP contribution >= 0.6 is 0 Å². The van der Waals surface area contributed by atoms with Crippen LogP contribution in [0.25, 0.3) is 0 Å². The van der Waals surface area contributed by atoms with Gasteiger partial charge in [0.1, 0.15) is 11.5 Å². The van der Waals surface area contributed by atoms with E-state index in [2.05, 4.69) is 6.08 Å². The van der Waals surface area contributed by atoms with Crippen LogP contribution in [0.5, 0.6) is 0 Å². The zero-order valence-electron chi connectivity index (χ0n) is 8.32. The normalized spacial score (nSPS) is 18.6. The van der Waals surface area contributed by atoms with Gasteiger partial charge in [0.15, 0.2) is 0 Å². The molecule has 76 valence electrons. The molecule has 1 atom stereocenters. The first-order chi connectivity index (χ1) is 6.77. The lowest BCUT2D eigenvalue weighted by molar-refractivity contribution is 0.175. The second-order valence-electron chi connectivity index (χ2n) is 3.57. The van der Waals surface area contributed by atoms with E-state index in [0.29, 0.717) is 0 Å². The highest BCUT2D eigenvalue weighted by Gasteiger charge is 2.16. The van der Waals surface area contributed by atoms with E-state index in [9.17, 15) is 0 Å². The molecular formula is C11H15NO2. The van der Waals surface area contributed by atoms with E-state index in [-0.39, 0.29) is 6.04 Å². The molecule has 2 heterocycles. The van der Waals surface area contributed by atoms with E-state index in [1.807, 2.05) is 13.0 Å². The molecule has 2 rings (SSSR count). The van der Waals surface area contributed by atoms with Gasteiger partial charge in [0, 0.05) is 5.56 Å². The SMILES string of the molecule is Cc1cc(C(N)C2=CCCCO2)co1. The predicted molar refractivity (Wildman–Crippen MR) is 53.6 cm³/mol. The minimum Gasteiger partial charge on any atom is -0.496 e. The van der Waals surface area contributed by atoms with E-state index in [1.54, 1.807) is 6.26 Å². The Balaban J connectivity index is 2.14. The fourth-order valence-electron chi connectivity index (χ4n) is 1.58. The summed E-state index contributed by atoms with van der Waals surface area (Å²) >= 11 is 0. The maximum Gasteiger partial charge on any atom is 0.113 e. The van der Waals surface area contributed by atoms with Gasteiger partial charge in [0.25, 0.3) is 0 Å². The third kappa shape index (κ3) is 1.82. The minimum atomic E-state index is -0.173. The summed E-state index contributed by atoms with van der Waals surface area (Å²) in [5.41, 5.74) is 7.01. The Labute approximate surface area is 83.5 Å². The highest BCUT2D eigenvalue weighted by Crippen LogP contribution is 2.24. The van der Waals surface area contributed by atoms with E-state index >= 15 is 0 Å². The van der Waals surface area contributed by atoms with Crippen LogP contribution in [0.4, 0.5) is 0 Å². The molecule has 0 aliphatic carbocycles. The summed E-state index contributed by atoms with van der Waals surface area (Å²) in [6.45, 7) is 2.68. The lowest BCUT2D eigenvalue weighted by atomic mass is 10.1. The summed E-state index contributed by atoms with van der Waals surface area (Å²) < 4.78 is 10.7. The van der Waals surface area contributed by atoms with Crippen molar-refractivity contribution in [1.82, 2.24) is 0 Å². The Kier molecular flexibility index (Phi) is 2.59. The fourth-order valence-corrected chi connectivity index (χ4v) is 1.58. The largest absolute Gasteiger partial charge is 0.496 e. The predicted octanol–water partition coefficient (Wildman–Crippen LogP) is 2.28. The van der Waals surface area contributed by atoms with Gasteiger partial charge in [0.2, 0.25) is 0 Å². The number of nitrogens with two attached hydrogens (primary N) is 1. The average molecular weight is 193 g/mol. The molecule has 14 heavy (non-hydrogen) atoms. The van der Waals surface area contributed by atoms with E-state index in [1.165, 1.54) is 0 Å². The molecule has 1 aromatic rings. The molecule has 2 N–H and O–H groups in total. The monoisotopic (exact) mass is 193 g/mol. The maximum absolute atomic E-state index is 6.03. The number of ether oxygens (including phenoxy) is 1. The Hall–Kier alpha value is -1.22. The van der Waals surface area contributed by atoms with Crippen molar-refractivity contribution in [3.05, 3.63) is 35.5 Å². The molecule has 1 aliphatic heterocycles. The number of furan rings is 1. The third-order valence-corrected chi connectivity index (χ3v) is 2.38. The molecule has 3 nitrogen and oxygen atoms in total. The van der Waals surface area contributed by atoms with Crippen LogP contribution in [0.15, 0.2) is 28.6 Å². The van der Waals surface area contributed by atoms with E-state index < -0.39 is 0 Å². The Morgan fingerprint density at radius 1 is 1.50 bits per heavy atom. The zero-order chi connectivity index (χ0) is 9.97. The van der Waals surface area contributed by atoms with Gasteiger partial charge in [-0.05, 0) is 31.9 Å². The summed E-state index contributed by atoms with van der Waals surface area (Å²) in [5, 5.41) is 0. The van der Waals surface area contributed by atoms with Crippen molar-refractivity contribution in [3.8, 4) is 0 Å². The summed E-state index contributed by atoms with van der Waals surface area (Å²) in [4.78, 5) is 0. The van der Waals surface area contributed by atoms with Crippen LogP contribution in [0, 0.1) is 6.92 Å². The molecule has 0 fully saturated rings. The molecule has 0 radical (unpaired) electrons. The van der Waals surface area contributed by atoms with Crippen LogP contribution in [0.1, 0.15) is 30.2 Å². The first-order valence-electron chi connectivity index (χ1n) is 4.91. The second-order valence-corrected chi connectivity index (χ2v) is 3.57. The molecule has 0 spiro atoms. The Morgan fingerprint density at radius 2 is 2.36 bits per heavy atom. The molecule has 3 heteroatoms. The van der Waals surface area contributed by atoms with Gasteiger partial charge >= 0.3 is 0 Å². The van der Waals surface area contributed by atoms with Crippen molar-refractivity contribution in [2.75, 3.05) is 6.61 Å². The van der Waals surface area contributed by atoms with Crippen molar-refractivity contribution in [2.45, 2.75) is 25.8 Å². The lowest BCUT2D eigenvalue weighted by Gasteiger charge is -2.19. The molecular weight excluding hydrogens is 178 g/mol. The average Bonchev–Trinajstić information content (AvgIpc) is 2.65. The van der Waals surface area contributed by atoms with Crippen LogP contribution in [0.2, 0.25) is 0 Å². The number of allylic oxidation sites excluding steroid dienone is 1. The number of rotatable bonds is 2. The van der Waals surface area contributed by atoms with Gasteiger partial charge < -0.3 is 14.9 Å². The molecule has 0 bridgehead atoms. The zero-order valence-corrected chi connectivity index (χ0v) is 8.32. The van der Waals surface area contributed by atoms with Gasteiger partial charge in [-0.2, -0.15) is 0 Å². The standard InChI is InChI=1S/C11H15NO2/c1-8-6-9(7-14-8)11(12)10-4-2-3-5-13-10/h4,6-7,11H,2-3,5,12H2,1H3. The van der Waals surface area contributed by atoms with Gasteiger partial charge in [-0.3, -0.25) is 0 Å². The van der Waals surface area contributed by atoms with E-state index in [4.69, 9.17) is 14.9 Å². The van der Waals surface area contributed by atoms with E-state index in [0.717, 1.165) is 36.5 Å². The summed E-state index contributed by atoms with van der Waals surface area (Å²) in [6, 6.07) is 1.77.